The maximum absolute atomic E-state index is 12.1. The normalized spacial score (nSPS) is 11.4. The summed E-state index contributed by atoms with van der Waals surface area (Å²) in [5, 5.41) is 6.68. The van der Waals surface area contributed by atoms with E-state index in [2.05, 4.69) is 20.6 Å². The van der Waals surface area contributed by atoms with Crippen LogP contribution in [-0.2, 0) is 4.79 Å². The molecule has 0 fully saturated rings. The van der Waals surface area contributed by atoms with E-state index in [1.807, 2.05) is 39.1 Å². The molecule has 2 aromatic rings. The van der Waals surface area contributed by atoms with Crippen LogP contribution in [0, 0.1) is 12.8 Å². The Morgan fingerprint density at radius 3 is 2.61 bits per heavy atom. The van der Waals surface area contributed by atoms with E-state index in [4.69, 9.17) is 0 Å². The fourth-order valence-corrected chi connectivity index (χ4v) is 2.75. The predicted molar refractivity (Wildman–Crippen MR) is 96.3 cm³/mol. The first-order valence-corrected chi connectivity index (χ1v) is 7.93. The van der Waals surface area contributed by atoms with E-state index >= 15 is 0 Å². The Kier molecular flexibility index (Phi) is 8.02. The number of halogens is 1. The molecule has 1 atom stereocenters. The van der Waals surface area contributed by atoms with Crippen LogP contribution in [-0.4, -0.2) is 29.5 Å². The summed E-state index contributed by atoms with van der Waals surface area (Å²) in [5.41, 5.74) is 1.86. The third-order valence-corrected chi connectivity index (χ3v) is 4.05. The standard InChI is InChI=1S/C16H20N4OS.ClH/c1-11-9-13(22-16-18-7-4-8-19-16)5-6-14(11)20-15(21)12(2)10-17-3;/h4-9,12,17H,10H2,1-3H3,(H,20,21);1H. The zero-order valence-electron chi connectivity index (χ0n) is 13.4. The minimum atomic E-state index is -0.0730. The van der Waals surface area contributed by atoms with E-state index in [1.54, 1.807) is 18.5 Å². The van der Waals surface area contributed by atoms with Crippen molar-refractivity contribution in [2.24, 2.45) is 5.92 Å². The zero-order valence-corrected chi connectivity index (χ0v) is 15.0. The second-order valence-corrected chi connectivity index (χ2v) is 6.10. The van der Waals surface area contributed by atoms with Gasteiger partial charge in [-0.1, -0.05) is 6.92 Å². The molecule has 0 aliphatic heterocycles. The molecule has 7 heteroatoms. The molecule has 124 valence electrons. The second-order valence-electron chi connectivity index (χ2n) is 5.06. The highest BCUT2D eigenvalue weighted by Crippen LogP contribution is 2.28. The summed E-state index contributed by atoms with van der Waals surface area (Å²) < 4.78 is 0. The van der Waals surface area contributed by atoms with Gasteiger partial charge in [-0.15, -0.1) is 12.4 Å². The van der Waals surface area contributed by atoms with Crippen LogP contribution in [0.3, 0.4) is 0 Å². The van der Waals surface area contributed by atoms with Gasteiger partial charge in [0.2, 0.25) is 5.91 Å². The van der Waals surface area contributed by atoms with Gasteiger partial charge in [0.25, 0.3) is 0 Å². The highest BCUT2D eigenvalue weighted by atomic mass is 35.5. The van der Waals surface area contributed by atoms with E-state index in [9.17, 15) is 4.79 Å². The topological polar surface area (TPSA) is 66.9 Å². The lowest BCUT2D eigenvalue weighted by atomic mass is 10.1. The number of amides is 1. The maximum atomic E-state index is 12.1. The largest absolute Gasteiger partial charge is 0.326 e. The fourth-order valence-electron chi connectivity index (χ4n) is 1.94. The highest BCUT2D eigenvalue weighted by Gasteiger charge is 2.13. The fraction of sp³-hybridized carbons (Fsp3) is 0.312. The molecule has 23 heavy (non-hydrogen) atoms. The number of nitrogens with one attached hydrogen (secondary N) is 2. The van der Waals surface area contributed by atoms with Crippen molar-refractivity contribution in [3.8, 4) is 0 Å². The predicted octanol–water partition coefficient (Wildman–Crippen LogP) is 3.15. The molecule has 5 nitrogen and oxygen atoms in total. The lowest BCUT2D eigenvalue weighted by Crippen LogP contribution is -2.28. The molecule has 1 heterocycles. The van der Waals surface area contributed by atoms with Crippen LogP contribution in [0.5, 0.6) is 0 Å². The number of benzene rings is 1. The molecule has 0 saturated carbocycles. The van der Waals surface area contributed by atoms with Gasteiger partial charge < -0.3 is 10.6 Å². The van der Waals surface area contributed by atoms with Gasteiger partial charge in [-0.05, 0) is 55.6 Å². The van der Waals surface area contributed by atoms with Crippen LogP contribution in [0.2, 0.25) is 0 Å². The smallest absolute Gasteiger partial charge is 0.228 e. The van der Waals surface area contributed by atoms with Gasteiger partial charge in [0.15, 0.2) is 5.16 Å². The molecule has 1 amide bonds. The Balaban J connectivity index is 0.00000264. The van der Waals surface area contributed by atoms with Crippen molar-refractivity contribution in [3.05, 3.63) is 42.2 Å². The van der Waals surface area contributed by atoms with Gasteiger partial charge in [-0.3, -0.25) is 4.79 Å². The van der Waals surface area contributed by atoms with E-state index in [0.717, 1.165) is 16.1 Å². The summed E-state index contributed by atoms with van der Waals surface area (Å²) in [6, 6.07) is 7.70. The van der Waals surface area contributed by atoms with Gasteiger partial charge in [-0.25, -0.2) is 9.97 Å². The molecule has 1 aromatic heterocycles. The van der Waals surface area contributed by atoms with Crippen molar-refractivity contribution in [1.29, 1.82) is 0 Å². The Morgan fingerprint density at radius 1 is 1.30 bits per heavy atom. The van der Waals surface area contributed by atoms with Crippen LogP contribution < -0.4 is 10.6 Å². The molecule has 1 unspecified atom stereocenters. The number of anilines is 1. The molecule has 0 bridgehead atoms. The van der Waals surface area contributed by atoms with Crippen molar-refractivity contribution in [1.82, 2.24) is 15.3 Å². The van der Waals surface area contributed by atoms with Crippen molar-refractivity contribution in [2.45, 2.75) is 23.9 Å². The Labute approximate surface area is 147 Å². The first-order valence-electron chi connectivity index (χ1n) is 7.11. The molecule has 1 aromatic carbocycles. The quantitative estimate of drug-likeness (QED) is 0.782. The number of aromatic nitrogens is 2. The first kappa shape index (κ1) is 19.4. The zero-order chi connectivity index (χ0) is 15.9. The monoisotopic (exact) mass is 352 g/mol. The SMILES string of the molecule is CNCC(C)C(=O)Nc1ccc(Sc2ncccn2)cc1C.Cl. The molecular weight excluding hydrogens is 332 g/mol. The lowest BCUT2D eigenvalue weighted by molar-refractivity contribution is -0.119. The minimum Gasteiger partial charge on any atom is -0.326 e. The van der Waals surface area contributed by atoms with E-state index in [0.29, 0.717) is 11.7 Å². The van der Waals surface area contributed by atoms with Crippen LogP contribution in [0.1, 0.15) is 12.5 Å². The number of carbonyl (C=O) groups is 1. The number of nitrogens with zero attached hydrogens (tertiary/aromatic N) is 2. The van der Waals surface area contributed by atoms with Crippen LogP contribution in [0.25, 0.3) is 0 Å². The first-order chi connectivity index (χ1) is 10.6. The average Bonchev–Trinajstić information content (AvgIpc) is 2.51. The van der Waals surface area contributed by atoms with Crippen LogP contribution in [0.15, 0.2) is 46.7 Å². The molecule has 0 radical (unpaired) electrons. The molecule has 2 rings (SSSR count). The summed E-state index contributed by atoms with van der Waals surface area (Å²) in [6.07, 6.45) is 3.44. The van der Waals surface area contributed by atoms with Crippen LogP contribution in [0.4, 0.5) is 5.69 Å². The maximum Gasteiger partial charge on any atom is 0.228 e. The minimum absolute atomic E-state index is 0. The van der Waals surface area contributed by atoms with Gasteiger partial charge in [0, 0.05) is 35.4 Å². The third kappa shape index (κ3) is 5.82. The number of rotatable bonds is 6. The summed E-state index contributed by atoms with van der Waals surface area (Å²) in [7, 11) is 1.84. The molecule has 0 spiro atoms. The summed E-state index contributed by atoms with van der Waals surface area (Å²) in [4.78, 5) is 21.5. The average molecular weight is 353 g/mol. The number of hydrogen-bond acceptors (Lipinski definition) is 5. The molecule has 2 N–H and O–H groups in total. The Hall–Kier alpha value is -1.63. The molecule has 0 saturated heterocycles. The van der Waals surface area contributed by atoms with Crippen molar-refractivity contribution in [3.63, 3.8) is 0 Å². The second kappa shape index (κ2) is 9.50. The number of aryl methyl sites for hydroxylation is 1. The summed E-state index contributed by atoms with van der Waals surface area (Å²) >= 11 is 1.50. The third-order valence-electron chi connectivity index (χ3n) is 3.16. The van der Waals surface area contributed by atoms with Crippen molar-refractivity contribution in [2.75, 3.05) is 18.9 Å². The Morgan fingerprint density at radius 2 is 2.00 bits per heavy atom. The summed E-state index contributed by atoms with van der Waals surface area (Å²) in [6.45, 7) is 4.54. The Bertz CT molecular complexity index is 639. The summed E-state index contributed by atoms with van der Waals surface area (Å²) in [5.74, 6) is -0.0552. The van der Waals surface area contributed by atoms with E-state index in [-0.39, 0.29) is 24.2 Å². The van der Waals surface area contributed by atoms with Gasteiger partial charge in [0.05, 0.1) is 0 Å². The van der Waals surface area contributed by atoms with Gasteiger partial charge >= 0.3 is 0 Å². The van der Waals surface area contributed by atoms with E-state index < -0.39 is 0 Å². The van der Waals surface area contributed by atoms with Gasteiger partial charge in [-0.2, -0.15) is 0 Å². The van der Waals surface area contributed by atoms with Crippen LogP contribution >= 0.6 is 24.2 Å². The molecule has 0 aliphatic rings. The molecular formula is C16H21ClN4OS. The number of carbonyl (C=O) groups excluding carboxylic acids is 1. The highest BCUT2D eigenvalue weighted by molar-refractivity contribution is 7.99. The van der Waals surface area contributed by atoms with Gasteiger partial charge in [0.1, 0.15) is 0 Å². The van der Waals surface area contributed by atoms with Crippen molar-refractivity contribution >= 4 is 35.8 Å². The number of hydrogen-bond donors (Lipinski definition) is 2. The van der Waals surface area contributed by atoms with Crippen molar-refractivity contribution < 1.29 is 4.79 Å². The van der Waals surface area contributed by atoms with E-state index in [1.165, 1.54) is 11.8 Å². The molecule has 0 aliphatic carbocycles. The lowest BCUT2D eigenvalue weighted by Gasteiger charge is -2.14.